The lowest BCUT2D eigenvalue weighted by Crippen LogP contribution is -2.24. The van der Waals surface area contributed by atoms with Crippen molar-refractivity contribution in [2.45, 2.75) is 19.9 Å². The average Bonchev–Trinajstić information content (AvgIpc) is 2.68. The van der Waals surface area contributed by atoms with E-state index < -0.39 is 6.04 Å². The van der Waals surface area contributed by atoms with Gasteiger partial charge in [-0.15, -0.1) is 0 Å². The Balaban J connectivity index is 2.11. The number of carbonyl (C=O) groups excluding carboxylic acids is 1. The van der Waals surface area contributed by atoms with Crippen LogP contribution in [0.15, 0.2) is 30.5 Å². The zero-order valence-corrected chi connectivity index (χ0v) is 11.5. The number of nitrogens with one attached hydrogen (secondary N) is 1. The van der Waals surface area contributed by atoms with Crippen molar-refractivity contribution >= 4 is 28.9 Å². The standard InChI is InChI=1S/C13H15ClN4O/c1-8-12(14)7-18(17-8)9(2)13(19)16-11-5-3-4-10(15)6-11/h3-7,9H,15H2,1-2H3,(H,16,19). The van der Waals surface area contributed by atoms with Crippen molar-refractivity contribution in [3.63, 3.8) is 0 Å². The molecule has 0 fully saturated rings. The predicted octanol–water partition coefficient (Wildman–Crippen LogP) is 2.63. The molecule has 0 aliphatic rings. The van der Waals surface area contributed by atoms with Crippen LogP contribution in [0.1, 0.15) is 18.7 Å². The molecule has 1 atom stereocenters. The predicted molar refractivity (Wildman–Crippen MR) is 76.2 cm³/mol. The zero-order chi connectivity index (χ0) is 14.0. The second kappa shape index (κ2) is 5.32. The van der Waals surface area contributed by atoms with E-state index >= 15 is 0 Å². The van der Waals surface area contributed by atoms with Gasteiger partial charge in [-0.2, -0.15) is 5.10 Å². The van der Waals surface area contributed by atoms with Crippen molar-refractivity contribution in [3.05, 3.63) is 41.2 Å². The van der Waals surface area contributed by atoms with E-state index in [9.17, 15) is 4.79 Å². The number of aromatic nitrogens is 2. The SMILES string of the molecule is Cc1nn(C(C)C(=O)Nc2cccc(N)c2)cc1Cl. The molecule has 1 heterocycles. The lowest BCUT2D eigenvalue weighted by Gasteiger charge is -2.12. The van der Waals surface area contributed by atoms with Crippen LogP contribution in [0.2, 0.25) is 5.02 Å². The molecule has 1 amide bonds. The Morgan fingerprint density at radius 1 is 1.53 bits per heavy atom. The normalized spacial score (nSPS) is 12.2. The van der Waals surface area contributed by atoms with Crippen LogP contribution in [0.5, 0.6) is 0 Å². The van der Waals surface area contributed by atoms with Gasteiger partial charge >= 0.3 is 0 Å². The van der Waals surface area contributed by atoms with Crippen LogP contribution >= 0.6 is 11.6 Å². The van der Waals surface area contributed by atoms with Gasteiger partial charge in [0.05, 0.1) is 10.7 Å². The molecule has 19 heavy (non-hydrogen) atoms. The number of nitrogens with two attached hydrogens (primary N) is 1. The Labute approximate surface area is 116 Å². The number of halogens is 1. The molecule has 0 spiro atoms. The van der Waals surface area contributed by atoms with E-state index in [1.165, 1.54) is 0 Å². The van der Waals surface area contributed by atoms with E-state index in [1.807, 2.05) is 0 Å². The number of hydrogen-bond donors (Lipinski definition) is 2. The number of hydrogen-bond acceptors (Lipinski definition) is 3. The molecule has 2 aromatic rings. The van der Waals surface area contributed by atoms with E-state index in [4.69, 9.17) is 17.3 Å². The fourth-order valence-electron chi connectivity index (χ4n) is 1.64. The summed E-state index contributed by atoms with van der Waals surface area (Å²) in [4.78, 5) is 12.1. The molecule has 2 rings (SSSR count). The zero-order valence-electron chi connectivity index (χ0n) is 10.7. The molecule has 3 N–H and O–H groups in total. The molecule has 0 bridgehead atoms. The van der Waals surface area contributed by atoms with Crippen LogP contribution in [-0.4, -0.2) is 15.7 Å². The van der Waals surface area contributed by atoms with E-state index in [0.717, 1.165) is 0 Å². The molecule has 100 valence electrons. The van der Waals surface area contributed by atoms with Crippen LogP contribution in [-0.2, 0) is 4.79 Å². The van der Waals surface area contributed by atoms with Gasteiger partial charge in [-0.05, 0) is 32.0 Å². The van der Waals surface area contributed by atoms with Crippen molar-refractivity contribution in [2.24, 2.45) is 0 Å². The fraction of sp³-hybridized carbons (Fsp3) is 0.231. The first-order valence-corrected chi connectivity index (χ1v) is 6.23. The second-order valence-corrected chi connectivity index (χ2v) is 4.74. The van der Waals surface area contributed by atoms with Crippen LogP contribution in [0, 0.1) is 6.92 Å². The number of amides is 1. The lowest BCUT2D eigenvalue weighted by molar-refractivity contribution is -0.119. The van der Waals surface area contributed by atoms with Gasteiger partial charge in [0, 0.05) is 17.6 Å². The number of nitrogen functional groups attached to an aromatic ring is 1. The summed E-state index contributed by atoms with van der Waals surface area (Å²) in [5, 5.41) is 7.52. The number of benzene rings is 1. The minimum atomic E-state index is -0.451. The summed E-state index contributed by atoms with van der Waals surface area (Å²) < 4.78 is 1.54. The molecule has 1 aromatic heterocycles. The third-order valence-corrected chi connectivity index (χ3v) is 3.16. The van der Waals surface area contributed by atoms with Crippen LogP contribution in [0.25, 0.3) is 0 Å². The van der Waals surface area contributed by atoms with Gasteiger partial charge in [-0.3, -0.25) is 9.48 Å². The van der Waals surface area contributed by atoms with Gasteiger partial charge in [0.15, 0.2) is 0 Å². The lowest BCUT2D eigenvalue weighted by atomic mass is 10.2. The molecular formula is C13H15ClN4O. The summed E-state index contributed by atoms with van der Waals surface area (Å²) >= 11 is 5.93. The maximum atomic E-state index is 12.1. The molecule has 6 heteroatoms. The summed E-state index contributed by atoms with van der Waals surface area (Å²) in [5.41, 5.74) is 7.62. The molecule has 1 unspecified atom stereocenters. The molecule has 0 aliphatic carbocycles. The maximum absolute atomic E-state index is 12.1. The van der Waals surface area contributed by atoms with E-state index in [2.05, 4.69) is 10.4 Å². The smallest absolute Gasteiger partial charge is 0.248 e. The van der Waals surface area contributed by atoms with Crippen LogP contribution in [0.4, 0.5) is 11.4 Å². The Hall–Kier alpha value is -2.01. The van der Waals surface area contributed by atoms with Gasteiger partial charge in [0.25, 0.3) is 0 Å². The molecule has 0 aliphatic heterocycles. The summed E-state index contributed by atoms with van der Waals surface area (Å²) in [6.07, 6.45) is 1.64. The van der Waals surface area contributed by atoms with E-state index in [0.29, 0.717) is 22.1 Å². The molecule has 0 saturated heterocycles. The van der Waals surface area contributed by atoms with Gasteiger partial charge in [-0.1, -0.05) is 17.7 Å². The first-order chi connectivity index (χ1) is 8.97. The summed E-state index contributed by atoms with van der Waals surface area (Å²) in [6, 6.07) is 6.57. The third-order valence-electron chi connectivity index (χ3n) is 2.79. The molecular weight excluding hydrogens is 264 g/mol. The van der Waals surface area contributed by atoms with Crippen molar-refractivity contribution < 1.29 is 4.79 Å². The maximum Gasteiger partial charge on any atom is 0.248 e. The largest absolute Gasteiger partial charge is 0.399 e. The van der Waals surface area contributed by atoms with Gasteiger partial charge in [-0.25, -0.2) is 0 Å². The van der Waals surface area contributed by atoms with Crippen LogP contribution < -0.4 is 11.1 Å². The topological polar surface area (TPSA) is 72.9 Å². The van der Waals surface area contributed by atoms with Crippen LogP contribution in [0.3, 0.4) is 0 Å². The highest BCUT2D eigenvalue weighted by Crippen LogP contribution is 2.18. The van der Waals surface area contributed by atoms with Crippen molar-refractivity contribution in [2.75, 3.05) is 11.1 Å². The summed E-state index contributed by atoms with van der Waals surface area (Å²) in [5.74, 6) is -0.176. The third kappa shape index (κ3) is 3.06. The Bertz CT molecular complexity index is 589. The molecule has 0 radical (unpaired) electrons. The first kappa shape index (κ1) is 13.4. The molecule has 5 nitrogen and oxygen atoms in total. The number of rotatable bonds is 3. The van der Waals surface area contributed by atoms with E-state index in [1.54, 1.807) is 49.0 Å². The summed E-state index contributed by atoms with van der Waals surface area (Å²) in [7, 11) is 0. The second-order valence-electron chi connectivity index (χ2n) is 4.33. The highest BCUT2D eigenvalue weighted by Gasteiger charge is 2.17. The summed E-state index contributed by atoms with van der Waals surface area (Å²) in [6.45, 7) is 3.55. The van der Waals surface area contributed by atoms with Crippen molar-refractivity contribution in [1.82, 2.24) is 9.78 Å². The number of nitrogens with zero attached hydrogens (tertiary/aromatic N) is 2. The fourth-order valence-corrected chi connectivity index (χ4v) is 1.78. The number of aryl methyl sites for hydroxylation is 1. The first-order valence-electron chi connectivity index (χ1n) is 5.85. The minimum absolute atomic E-state index is 0.176. The molecule has 1 aromatic carbocycles. The molecule has 0 saturated carbocycles. The number of anilines is 2. The Morgan fingerprint density at radius 3 is 2.84 bits per heavy atom. The van der Waals surface area contributed by atoms with Crippen molar-refractivity contribution in [1.29, 1.82) is 0 Å². The minimum Gasteiger partial charge on any atom is -0.399 e. The number of carbonyl (C=O) groups is 1. The van der Waals surface area contributed by atoms with Gasteiger partial charge in [0.2, 0.25) is 5.91 Å². The highest BCUT2D eigenvalue weighted by molar-refractivity contribution is 6.31. The Morgan fingerprint density at radius 2 is 2.26 bits per heavy atom. The van der Waals surface area contributed by atoms with Gasteiger partial charge < -0.3 is 11.1 Å². The quantitative estimate of drug-likeness (QED) is 0.848. The Kier molecular flexibility index (Phi) is 3.76. The van der Waals surface area contributed by atoms with Crippen molar-refractivity contribution in [3.8, 4) is 0 Å². The van der Waals surface area contributed by atoms with Gasteiger partial charge in [0.1, 0.15) is 6.04 Å². The van der Waals surface area contributed by atoms with E-state index in [-0.39, 0.29) is 5.91 Å². The monoisotopic (exact) mass is 278 g/mol. The highest BCUT2D eigenvalue weighted by atomic mass is 35.5. The average molecular weight is 279 g/mol.